The molecule has 59 heavy (non-hydrogen) atoms. The van der Waals surface area contributed by atoms with E-state index in [4.69, 9.17) is 24.4 Å². The van der Waals surface area contributed by atoms with Crippen molar-refractivity contribution in [3.05, 3.63) is 182 Å². The van der Waals surface area contributed by atoms with Gasteiger partial charge in [0.25, 0.3) is 0 Å². The van der Waals surface area contributed by atoms with Crippen LogP contribution in [0.1, 0.15) is 0 Å². The van der Waals surface area contributed by atoms with Gasteiger partial charge in [-0.3, -0.25) is 0 Å². The van der Waals surface area contributed by atoms with Gasteiger partial charge in [0, 0.05) is 47.6 Å². The van der Waals surface area contributed by atoms with E-state index in [1.807, 2.05) is 78.1 Å². The van der Waals surface area contributed by atoms with Crippen molar-refractivity contribution in [1.82, 2.24) is 19.9 Å². The molecule has 276 valence electrons. The van der Waals surface area contributed by atoms with Crippen LogP contribution in [-0.4, -0.2) is 19.9 Å². The third kappa shape index (κ3) is 5.82. The van der Waals surface area contributed by atoms with E-state index < -0.39 is 0 Å². The predicted octanol–water partition coefficient (Wildman–Crippen LogP) is 14.8. The van der Waals surface area contributed by atoms with Gasteiger partial charge in [-0.1, -0.05) is 133 Å². The fraction of sp³-hybridized carbons (Fsp3) is 0. The van der Waals surface area contributed by atoms with Crippen molar-refractivity contribution in [2.45, 2.75) is 0 Å². The Labute approximate surface area is 346 Å². The van der Waals surface area contributed by atoms with Crippen LogP contribution in [-0.2, 0) is 0 Å². The number of aromatic nitrogens is 4. The van der Waals surface area contributed by atoms with E-state index in [2.05, 4.69) is 115 Å². The molecule has 7 heteroatoms. The molecule has 0 unspecified atom stereocenters. The van der Waals surface area contributed by atoms with Crippen LogP contribution in [0.4, 0.5) is 0 Å². The van der Waals surface area contributed by atoms with Crippen LogP contribution in [0.2, 0.25) is 0 Å². The summed E-state index contributed by atoms with van der Waals surface area (Å²) in [6, 6.07) is 63.5. The van der Waals surface area contributed by atoms with Gasteiger partial charge in [-0.05, 0) is 70.8 Å². The molecule has 0 saturated carbocycles. The van der Waals surface area contributed by atoms with E-state index in [0.717, 1.165) is 60.3 Å². The topological polar surface area (TPSA) is 64.7 Å². The molecule has 12 rings (SSSR count). The number of fused-ring (bicyclic) bond motifs is 7. The van der Waals surface area contributed by atoms with Crippen LogP contribution >= 0.6 is 22.7 Å². The van der Waals surface area contributed by atoms with Gasteiger partial charge in [-0.15, -0.1) is 22.7 Å². The highest BCUT2D eigenvalue weighted by atomic mass is 32.1. The number of nitrogens with zero attached hydrogens (tertiary/aromatic N) is 4. The minimum absolute atomic E-state index is 0.567. The standard InChI is InChI=1S/C52H30N4OS2/c1-2-12-31(13-3-1)49-54-50(56-51(55-49)41-22-11-20-39-38-18-4-6-24-44(38)57-47(39)41)35-16-9-15-34(29-35)37-19-10-21-40-42-30-33(26-27-45(42)58-48(37)40)32-14-8-17-36(28-32)52-53-43-23-5-7-25-46(43)59-52/h1-30H. The third-order valence-electron chi connectivity index (χ3n) is 11.0. The Balaban J connectivity index is 0.953. The van der Waals surface area contributed by atoms with Gasteiger partial charge in [0.2, 0.25) is 0 Å². The SMILES string of the molecule is c1ccc(-c2nc(-c3cccc(-c4cccc5c4sc4ccc(-c6cccc(-c7nc8ccccc8s7)c6)cc45)c3)nc(-c3cccc4c3oc3ccccc34)n2)cc1. The van der Waals surface area contributed by atoms with Crippen molar-refractivity contribution >= 4 is 75.0 Å². The molecule has 0 N–H and O–H groups in total. The minimum Gasteiger partial charge on any atom is -0.455 e. The first-order chi connectivity index (χ1) is 29.2. The number of furan rings is 1. The Morgan fingerprint density at radius 3 is 1.90 bits per heavy atom. The molecule has 0 amide bonds. The molecule has 0 saturated heterocycles. The first kappa shape index (κ1) is 33.8. The van der Waals surface area contributed by atoms with Crippen LogP contribution in [0.3, 0.4) is 0 Å². The summed E-state index contributed by atoms with van der Waals surface area (Å²) in [5.74, 6) is 1.78. The molecule has 8 aromatic carbocycles. The first-order valence-electron chi connectivity index (χ1n) is 19.4. The summed E-state index contributed by atoms with van der Waals surface area (Å²) < 4.78 is 10.1. The molecule has 0 aliphatic heterocycles. The zero-order chi connectivity index (χ0) is 38.9. The Hall–Kier alpha value is -7.32. The highest BCUT2D eigenvalue weighted by Crippen LogP contribution is 2.43. The number of thiazole rings is 1. The maximum atomic E-state index is 6.44. The molecule has 0 bridgehead atoms. The van der Waals surface area contributed by atoms with Crippen LogP contribution in [0.25, 0.3) is 119 Å². The summed E-state index contributed by atoms with van der Waals surface area (Å²) in [4.78, 5) is 20.2. The molecule has 0 spiro atoms. The summed E-state index contributed by atoms with van der Waals surface area (Å²) in [5.41, 5.74) is 11.1. The zero-order valence-corrected chi connectivity index (χ0v) is 33.0. The monoisotopic (exact) mass is 790 g/mol. The molecule has 4 heterocycles. The lowest BCUT2D eigenvalue weighted by molar-refractivity contribution is 0.669. The van der Waals surface area contributed by atoms with E-state index in [1.54, 1.807) is 11.3 Å². The summed E-state index contributed by atoms with van der Waals surface area (Å²) in [6.07, 6.45) is 0. The Kier molecular flexibility index (Phi) is 7.82. The second-order valence-electron chi connectivity index (χ2n) is 14.6. The zero-order valence-electron chi connectivity index (χ0n) is 31.3. The highest BCUT2D eigenvalue weighted by molar-refractivity contribution is 7.26. The van der Waals surface area contributed by atoms with Crippen LogP contribution in [0.5, 0.6) is 0 Å². The average Bonchev–Trinajstić information content (AvgIpc) is 4.03. The summed E-state index contributed by atoms with van der Waals surface area (Å²) in [7, 11) is 0. The lowest BCUT2D eigenvalue weighted by atomic mass is 9.98. The van der Waals surface area contributed by atoms with Crippen molar-refractivity contribution in [3.8, 4) is 67.0 Å². The number of hydrogen-bond acceptors (Lipinski definition) is 7. The smallest absolute Gasteiger partial charge is 0.167 e. The lowest BCUT2D eigenvalue weighted by Crippen LogP contribution is -2.00. The van der Waals surface area contributed by atoms with Gasteiger partial charge in [0.1, 0.15) is 16.2 Å². The number of hydrogen-bond donors (Lipinski definition) is 0. The summed E-state index contributed by atoms with van der Waals surface area (Å²) >= 11 is 3.57. The van der Waals surface area contributed by atoms with Gasteiger partial charge in [0.15, 0.2) is 17.5 Å². The quantitative estimate of drug-likeness (QED) is 0.168. The van der Waals surface area contributed by atoms with Gasteiger partial charge in [-0.25, -0.2) is 19.9 Å². The second kappa shape index (κ2) is 13.7. The number of rotatable bonds is 6. The van der Waals surface area contributed by atoms with E-state index in [0.29, 0.717) is 17.5 Å². The molecule has 0 aliphatic rings. The Bertz CT molecular complexity index is 3550. The van der Waals surface area contributed by atoms with Crippen molar-refractivity contribution in [1.29, 1.82) is 0 Å². The van der Waals surface area contributed by atoms with E-state index in [1.165, 1.54) is 41.6 Å². The number of thiophene rings is 1. The van der Waals surface area contributed by atoms with Crippen molar-refractivity contribution in [2.24, 2.45) is 0 Å². The fourth-order valence-electron chi connectivity index (χ4n) is 8.12. The summed E-state index contributed by atoms with van der Waals surface area (Å²) in [5, 5.41) is 5.63. The maximum Gasteiger partial charge on any atom is 0.167 e. The fourth-order valence-corrected chi connectivity index (χ4v) is 10.3. The van der Waals surface area contributed by atoms with Gasteiger partial charge in [0.05, 0.1) is 15.8 Å². The molecule has 5 nitrogen and oxygen atoms in total. The van der Waals surface area contributed by atoms with E-state index in [-0.39, 0.29) is 0 Å². The van der Waals surface area contributed by atoms with Crippen molar-refractivity contribution < 1.29 is 4.42 Å². The Morgan fingerprint density at radius 1 is 0.356 bits per heavy atom. The van der Waals surface area contributed by atoms with Crippen LogP contribution in [0, 0.1) is 0 Å². The largest absolute Gasteiger partial charge is 0.455 e. The lowest BCUT2D eigenvalue weighted by Gasteiger charge is -2.10. The van der Waals surface area contributed by atoms with Gasteiger partial charge < -0.3 is 4.42 Å². The first-order valence-corrected chi connectivity index (χ1v) is 21.1. The summed E-state index contributed by atoms with van der Waals surface area (Å²) in [6.45, 7) is 0. The average molecular weight is 791 g/mol. The Morgan fingerprint density at radius 2 is 1.00 bits per heavy atom. The molecular weight excluding hydrogens is 761 g/mol. The second-order valence-corrected chi connectivity index (χ2v) is 16.7. The molecule has 0 atom stereocenters. The molecule has 0 radical (unpaired) electrons. The number of para-hydroxylation sites is 3. The van der Waals surface area contributed by atoms with Crippen LogP contribution < -0.4 is 0 Å². The van der Waals surface area contributed by atoms with Crippen LogP contribution in [0.15, 0.2) is 186 Å². The molecule has 4 aromatic heterocycles. The van der Waals surface area contributed by atoms with Crippen molar-refractivity contribution in [2.75, 3.05) is 0 Å². The molecule has 12 aromatic rings. The predicted molar refractivity (Wildman–Crippen MR) is 246 cm³/mol. The minimum atomic E-state index is 0.567. The van der Waals surface area contributed by atoms with E-state index >= 15 is 0 Å². The van der Waals surface area contributed by atoms with Crippen molar-refractivity contribution in [3.63, 3.8) is 0 Å². The molecule has 0 fully saturated rings. The highest BCUT2D eigenvalue weighted by Gasteiger charge is 2.19. The molecule has 0 aliphatic carbocycles. The van der Waals surface area contributed by atoms with E-state index in [9.17, 15) is 0 Å². The van der Waals surface area contributed by atoms with Gasteiger partial charge >= 0.3 is 0 Å². The molecular formula is C52H30N4OS2. The maximum absolute atomic E-state index is 6.44. The normalized spacial score (nSPS) is 11.7. The number of benzene rings is 8. The third-order valence-corrected chi connectivity index (χ3v) is 13.3. The van der Waals surface area contributed by atoms with Gasteiger partial charge in [-0.2, -0.15) is 0 Å².